The lowest BCUT2D eigenvalue weighted by Crippen LogP contribution is -2.29. The highest BCUT2D eigenvalue weighted by atomic mass is 79.9. The zero-order chi connectivity index (χ0) is 17.1. The van der Waals surface area contributed by atoms with Gasteiger partial charge in [-0.2, -0.15) is 0 Å². The van der Waals surface area contributed by atoms with Crippen molar-refractivity contribution in [1.29, 1.82) is 0 Å². The van der Waals surface area contributed by atoms with Crippen molar-refractivity contribution in [1.82, 2.24) is 4.57 Å². The summed E-state index contributed by atoms with van der Waals surface area (Å²) in [5.41, 5.74) is 3.40. The average Bonchev–Trinajstić information content (AvgIpc) is 2.46. The van der Waals surface area contributed by atoms with Crippen LogP contribution in [0.15, 0.2) is 39.7 Å². The van der Waals surface area contributed by atoms with Crippen molar-refractivity contribution < 1.29 is 4.79 Å². The minimum Gasteiger partial charge on any atom is -0.324 e. The Balaban J connectivity index is 2.26. The zero-order valence-electron chi connectivity index (χ0n) is 13.8. The first-order valence-corrected chi connectivity index (χ1v) is 8.35. The van der Waals surface area contributed by atoms with Gasteiger partial charge < -0.3 is 9.88 Å². The quantitative estimate of drug-likeness (QED) is 0.876. The zero-order valence-corrected chi connectivity index (χ0v) is 15.4. The number of halogens is 1. The first-order valence-electron chi connectivity index (χ1n) is 7.55. The number of nitrogens with one attached hydrogen (secondary N) is 1. The molecule has 0 saturated heterocycles. The molecule has 0 aliphatic carbocycles. The number of anilines is 1. The Hall–Kier alpha value is -1.88. The Labute approximate surface area is 144 Å². The van der Waals surface area contributed by atoms with E-state index in [-0.39, 0.29) is 18.0 Å². The molecule has 5 heteroatoms. The van der Waals surface area contributed by atoms with Crippen LogP contribution in [-0.4, -0.2) is 10.5 Å². The van der Waals surface area contributed by atoms with Crippen LogP contribution < -0.4 is 10.9 Å². The first-order chi connectivity index (χ1) is 10.8. The van der Waals surface area contributed by atoms with E-state index in [1.807, 2.05) is 25.1 Å². The maximum Gasteiger partial charge on any atom is 0.253 e. The molecule has 4 nitrogen and oxygen atoms in total. The molecular weight excluding hydrogens is 356 g/mol. The van der Waals surface area contributed by atoms with Crippen molar-refractivity contribution in [3.05, 3.63) is 62.0 Å². The number of carbonyl (C=O) groups is 1. The number of aromatic nitrogens is 1. The molecular formula is C18H21BrN2O2. The fraction of sp³-hybridized carbons (Fsp3) is 0.333. The largest absolute Gasteiger partial charge is 0.324 e. The number of para-hydroxylation sites is 1. The van der Waals surface area contributed by atoms with Gasteiger partial charge in [-0.1, -0.05) is 32.0 Å². The normalized spacial score (nSPS) is 10.9. The summed E-state index contributed by atoms with van der Waals surface area (Å²) in [7, 11) is 0. The van der Waals surface area contributed by atoms with Crippen LogP contribution in [0.5, 0.6) is 0 Å². The summed E-state index contributed by atoms with van der Waals surface area (Å²) < 4.78 is 2.20. The molecule has 1 N–H and O–H groups in total. The Bertz CT molecular complexity index is 794. The van der Waals surface area contributed by atoms with E-state index in [2.05, 4.69) is 35.1 Å². The number of pyridine rings is 1. The standard InChI is InChI=1S/C18H21BrN2O2/c1-11(2)15-7-5-6-12(3)17(15)20-16(22)10-21-9-14(19)8-13(4)18(21)23/h5-9,11H,10H2,1-4H3,(H,20,22). The second kappa shape index (κ2) is 7.13. The molecule has 0 aliphatic rings. The SMILES string of the molecule is Cc1cccc(C(C)C)c1NC(=O)Cn1cc(Br)cc(C)c1=O. The molecule has 0 atom stereocenters. The average molecular weight is 377 g/mol. The van der Waals surface area contributed by atoms with E-state index in [1.54, 1.807) is 19.2 Å². The van der Waals surface area contributed by atoms with Crippen LogP contribution in [0.25, 0.3) is 0 Å². The summed E-state index contributed by atoms with van der Waals surface area (Å²) >= 11 is 3.35. The molecule has 2 aromatic rings. The smallest absolute Gasteiger partial charge is 0.253 e. The number of nitrogens with zero attached hydrogens (tertiary/aromatic N) is 1. The number of carbonyl (C=O) groups excluding carboxylic acids is 1. The predicted octanol–water partition coefficient (Wildman–Crippen LogP) is 3.99. The number of benzene rings is 1. The maximum atomic E-state index is 12.4. The van der Waals surface area contributed by atoms with Gasteiger partial charge in [0.2, 0.25) is 5.91 Å². The Morgan fingerprint density at radius 3 is 2.61 bits per heavy atom. The fourth-order valence-corrected chi connectivity index (χ4v) is 3.12. The molecule has 1 amide bonds. The van der Waals surface area contributed by atoms with Crippen molar-refractivity contribution in [2.75, 3.05) is 5.32 Å². The molecule has 0 saturated carbocycles. The van der Waals surface area contributed by atoms with Crippen molar-refractivity contribution in [2.24, 2.45) is 0 Å². The van der Waals surface area contributed by atoms with E-state index in [9.17, 15) is 9.59 Å². The van der Waals surface area contributed by atoms with E-state index in [4.69, 9.17) is 0 Å². The molecule has 0 bridgehead atoms. The summed E-state index contributed by atoms with van der Waals surface area (Å²) in [5.74, 6) is 0.0989. The van der Waals surface area contributed by atoms with Gasteiger partial charge in [-0.15, -0.1) is 0 Å². The van der Waals surface area contributed by atoms with E-state index in [0.717, 1.165) is 21.3 Å². The van der Waals surface area contributed by atoms with Crippen LogP contribution in [0.4, 0.5) is 5.69 Å². The number of rotatable bonds is 4. The van der Waals surface area contributed by atoms with E-state index >= 15 is 0 Å². The monoisotopic (exact) mass is 376 g/mol. The third kappa shape index (κ3) is 4.10. The Morgan fingerprint density at radius 2 is 1.96 bits per heavy atom. The second-order valence-electron chi connectivity index (χ2n) is 6.02. The van der Waals surface area contributed by atoms with E-state index in [1.165, 1.54) is 4.57 Å². The van der Waals surface area contributed by atoms with Gasteiger partial charge in [-0.3, -0.25) is 9.59 Å². The van der Waals surface area contributed by atoms with E-state index < -0.39 is 0 Å². The minimum atomic E-state index is -0.208. The van der Waals surface area contributed by atoms with Gasteiger partial charge in [0.05, 0.1) is 0 Å². The third-order valence-corrected chi connectivity index (χ3v) is 4.17. The molecule has 122 valence electrons. The van der Waals surface area contributed by atoms with Gasteiger partial charge in [0.15, 0.2) is 0 Å². The summed E-state index contributed by atoms with van der Waals surface area (Å²) in [6, 6.07) is 7.72. The van der Waals surface area contributed by atoms with Crippen LogP contribution in [-0.2, 0) is 11.3 Å². The Kier molecular flexibility index (Phi) is 5.42. The first kappa shape index (κ1) is 17.5. The summed E-state index contributed by atoms with van der Waals surface area (Å²) in [6.45, 7) is 7.88. The Morgan fingerprint density at radius 1 is 1.26 bits per heavy atom. The molecule has 1 aromatic heterocycles. The van der Waals surface area contributed by atoms with Crippen molar-refractivity contribution in [3.63, 3.8) is 0 Å². The molecule has 0 unspecified atom stereocenters. The van der Waals surface area contributed by atoms with Gasteiger partial charge in [-0.25, -0.2) is 0 Å². The van der Waals surface area contributed by atoms with Crippen molar-refractivity contribution >= 4 is 27.5 Å². The minimum absolute atomic E-state index is 0.00895. The second-order valence-corrected chi connectivity index (χ2v) is 6.93. The van der Waals surface area contributed by atoms with Crippen molar-refractivity contribution in [3.8, 4) is 0 Å². The lowest BCUT2D eigenvalue weighted by Gasteiger charge is -2.17. The number of aryl methyl sites for hydroxylation is 2. The number of amides is 1. The summed E-state index contributed by atoms with van der Waals surface area (Å²) in [4.78, 5) is 24.5. The molecule has 1 aromatic carbocycles. The summed E-state index contributed by atoms with van der Waals surface area (Å²) in [5, 5.41) is 2.96. The summed E-state index contributed by atoms with van der Waals surface area (Å²) in [6.07, 6.45) is 1.64. The predicted molar refractivity (Wildman–Crippen MR) is 97.0 cm³/mol. The highest BCUT2D eigenvalue weighted by molar-refractivity contribution is 9.10. The number of hydrogen-bond acceptors (Lipinski definition) is 2. The van der Waals surface area contributed by atoms with Crippen molar-refractivity contribution in [2.45, 2.75) is 40.2 Å². The van der Waals surface area contributed by atoms with Gasteiger partial charge in [-0.05, 0) is 52.9 Å². The molecule has 1 heterocycles. The van der Waals surface area contributed by atoms with Crippen LogP contribution >= 0.6 is 15.9 Å². The maximum absolute atomic E-state index is 12.4. The topological polar surface area (TPSA) is 51.1 Å². The number of hydrogen-bond donors (Lipinski definition) is 1. The van der Waals surface area contributed by atoms with Gasteiger partial charge in [0.25, 0.3) is 5.56 Å². The fourth-order valence-electron chi connectivity index (χ4n) is 2.53. The van der Waals surface area contributed by atoms with Crippen LogP contribution in [0.2, 0.25) is 0 Å². The molecule has 2 rings (SSSR count). The van der Waals surface area contributed by atoms with E-state index in [0.29, 0.717) is 11.5 Å². The molecule has 0 aliphatic heterocycles. The third-order valence-electron chi connectivity index (χ3n) is 3.74. The molecule has 23 heavy (non-hydrogen) atoms. The van der Waals surface area contributed by atoms with Gasteiger partial charge in [0.1, 0.15) is 6.54 Å². The molecule has 0 spiro atoms. The van der Waals surface area contributed by atoms with Crippen LogP contribution in [0.1, 0.15) is 36.5 Å². The molecule has 0 fully saturated rings. The lowest BCUT2D eigenvalue weighted by atomic mass is 9.98. The van der Waals surface area contributed by atoms with Crippen LogP contribution in [0, 0.1) is 13.8 Å². The lowest BCUT2D eigenvalue weighted by molar-refractivity contribution is -0.116. The molecule has 0 radical (unpaired) electrons. The van der Waals surface area contributed by atoms with Gasteiger partial charge in [0, 0.05) is 21.9 Å². The highest BCUT2D eigenvalue weighted by Crippen LogP contribution is 2.27. The van der Waals surface area contributed by atoms with Crippen LogP contribution in [0.3, 0.4) is 0 Å². The highest BCUT2D eigenvalue weighted by Gasteiger charge is 2.13. The van der Waals surface area contributed by atoms with Gasteiger partial charge >= 0.3 is 0 Å².